The number of fused-ring (bicyclic) bond motifs is 1. The third-order valence-electron chi connectivity index (χ3n) is 7.85. The monoisotopic (exact) mass is 536 g/mol. The standard InChI is InChI=1S/C24H37BN4O7S/c1-14(2)19(27-22(31)34-7)21(30)29-12-8-9-17(29)20-26-16-11-10-15(13-18(16)37(32,33)28-20)25-35-23(3,4)24(5,6)36-25/h11,13-15,17,19H,8-10,12H2,1-7H3,(H,26,28)(H,27,31)/t15?,17-,19-/m0/s1. The minimum absolute atomic E-state index is 0.0884. The number of alkyl carbamates (subject to hydrolysis) is 1. The van der Waals surface area contributed by atoms with Crippen LogP contribution in [0.4, 0.5) is 4.79 Å². The fraction of sp³-hybridized carbons (Fsp3) is 0.708. The number of methoxy groups -OCH3 is 1. The molecular formula is C24H37BN4O7S. The molecule has 0 aromatic rings. The quantitative estimate of drug-likeness (QED) is 0.511. The van der Waals surface area contributed by atoms with E-state index in [9.17, 15) is 18.0 Å². The third-order valence-corrected chi connectivity index (χ3v) is 9.20. The molecule has 0 spiro atoms. The number of carbonyl (C=O) groups excluding carboxylic acids is 2. The Labute approximate surface area is 219 Å². The van der Waals surface area contributed by atoms with Crippen LogP contribution < -0.4 is 10.6 Å². The number of hydrogen-bond donors (Lipinski definition) is 2. The van der Waals surface area contributed by atoms with Gasteiger partial charge in [0.05, 0.1) is 30.1 Å². The van der Waals surface area contributed by atoms with Gasteiger partial charge in [-0.1, -0.05) is 26.0 Å². The van der Waals surface area contributed by atoms with Gasteiger partial charge in [0.25, 0.3) is 10.0 Å². The van der Waals surface area contributed by atoms with E-state index in [2.05, 4.69) is 19.8 Å². The number of amides is 2. The predicted octanol–water partition coefficient (Wildman–Crippen LogP) is 2.32. The number of carbonyl (C=O) groups is 2. The molecular weight excluding hydrogens is 499 g/mol. The maximum atomic E-state index is 13.4. The molecule has 2 saturated heterocycles. The van der Waals surface area contributed by atoms with Gasteiger partial charge in [-0.15, -0.1) is 4.40 Å². The van der Waals surface area contributed by atoms with Gasteiger partial charge in [-0.05, 0) is 52.9 Å². The molecule has 2 fully saturated rings. The number of amidine groups is 1. The zero-order chi connectivity index (χ0) is 27.3. The van der Waals surface area contributed by atoms with Crippen LogP contribution >= 0.6 is 0 Å². The molecule has 3 aliphatic heterocycles. The summed E-state index contributed by atoms with van der Waals surface area (Å²) >= 11 is 0. The average molecular weight is 536 g/mol. The molecule has 13 heteroatoms. The lowest BCUT2D eigenvalue weighted by molar-refractivity contribution is -0.134. The fourth-order valence-electron chi connectivity index (χ4n) is 4.97. The van der Waals surface area contributed by atoms with E-state index in [0.717, 1.165) is 0 Å². The van der Waals surface area contributed by atoms with Crippen LogP contribution in [0.25, 0.3) is 0 Å². The molecule has 2 N–H and O–H groups in total. The molecule has 3 atom stereocenters. The normalized spacial score (nSPS) is 28.5. The molecule has 37 heavy (non-hydrogen) atoms. The van der Waals surface area contributed by atoms with Crippen LogP contribution in [0.3, 0.4) is 0 Å². The lowest BCUT2D eigenvalue weighted by Gasteiger charge is -2.34. The molecule has 0 radical (unpaired) electrons. The van der Waals surface area contributed by atoms with E-state index in [-0.39, 0.29) is 28.4 Å². The summed E-state index contributed by atoms with van der Waals surface area (Å²) in [5.74, 6) is -0.567. The summed E-state index contributed by atoms with van der Waals surface area (Å²) in [5.41, 5.74) is -0.598. The lowest BCUT2D eigenvalue weighted by atomic mass is 9.68. The van der Waals surface area contributed by atoms with Crippen molar-refractivity contribution < 1.29 is 32.1 Å². The summed E-state index contributed by atoms with van der Waals surface area (Å²) in [6.07, 6.45) is 4.56. The molecule has 0 aromatic carbocycles. The van der Waals surface area contributed by atoms with E-state index < -0.39 is 46.5 Å². The van der Waals surface area contributed by atoms with Gasteiger partial charge in [-0.25, -0.2) is 4.79 Å². The van der Waals surface area contributed by atoms with Crippen molar-refractivity contribution in [1.29, 1.82) is 0 Å². The van der Waals surface area contributed by atoms with Gasteiger partial charge < -0.3 is 29.6 Å². The Morgan fingerprint density at radius 1 is 1.24 bits per heavy atom. The molecule has 11 nitrogen and oxygen atoms in total. The molecule has 2 amide bonds. The number of nitrogens with zero attached hydrogens (tertiary/aromatic N) is 2. The van der Waals surface area contributed by atoms with Gasteiger partial charge in [-0.3, -0.25) is 4.79 Å². The topological polar surface area (TPSA) is 136 Å². The summed E-state index contributed by atoms with van der Waals surface area (Å²) in [6.45, 7) is 11.9. The van der Waals surface area contributed by atoms with Crippen molar-refractivity contribution in [3.63, 3.8) is 0 Å². The minimum Gasteiger partial charge on any atom is -0.453 e. The van der Waals surface area contributed by atoms with Crippen molar-refractivity contribution >= 4 is 35.0 Å². The van der Waals surface area contributed by atoms with Crippen LogP contribution in [-0.2, 0) is 28.9 Å². The van der Waals surface area contributed by atoms with Gasteiger partial charge in [0.15, 0.2) is 0 Å². The largest absolute Gasteiger partial charge is 0.465 e. The maximum absolute atomic E-state index is 13.4. The van der Waals surface area contributed by atoms with E-state index >= 15 is 0 Å². The molecule has 0 saturated carbocycles. The Kier molecular flexibility index (Phi) is 7.28. The second-order valence-corrected chi connectivity index (χ2v) is 12.9. The number of hydrogen-bond acceptors (Lipinski definition) is 8. The van der Waals surface area contributed by atoms with Crippen LogP contribution in [0.5, 0.6) is 0 Å². The number of allylic oxidation sites excluding steroid dienone is 2. The van der Waals surface area contributed by atoms with E-state index in [0.29, 0.717) is 31.5 Å². The first-order chi connectivity index (χ1) is 17.2. The van der Waals surface area contributed by atoms with E-state index in [1.807, 2.05) is 47.6 Å². The first-order valence-corrected chi connectivity index (χ1v) is 14.2. The molecule has 4 aliphatic rings. The summed E-state index contributed by atoms with van der Waals surface area (Å²) in [5, 5.41) is 5.77. The second kappa shape index (κ2) is 9.74. The number of likely N-dealkylation sites (tertiary alicyclic amines) is 1. The summed E-state index contributed by atoms with van der Waals surface area (Å²) in [7, 11) is -3.36. The fourth-order valence-corrected chi connectivity index (χ4v) is 6.26. The molecule has 1 unspecified atom stereocenters. The Hall–Kier alpha value is -2.38. The van der Waals surface area contributed by atoms with Crippen molar-refractivity contribution in [1.82, 2.24) is 15.5 Å². The van der Waals surface area contributed by atoms with Crippen molar-refractivity contribution in [2.24, 2.45) is 10.3 Å². The zero-order valence-corrected chi connectivity index (χ0v) is 23.3. The number of nitrogens with one attached hydrogen (secondary N) is 2. The van der Waals surface area contributed by atoms with Crippen LogP contribution in [0.1, 0.15) is 60.8 Å². The van der Waals surface area contributed by atoms with Gasteiger partial charge >= 0.3 is 13.2 Å². The van der Waals surface area contributed by atoms with Gasteiger partial charge in [0.2, 0.25) is 5.91 Å². The SMILES string of the molecule is COC(=O)N[C@H](C(=O)N1CCC[C@H]1C1=NS(=O)(=O)C2=CC(B3OC(C)(C)C(C)(C)O3)CC=C2N1)C(C)C. The Morgan fingerprint density at radius 2 is 1.89 bits per heavy atom. The highest BCUT2D eigenvalue weighted by molar-refractivity contribution is 7.94. The Balaban J connectivity index is 1.57. The third kappa shape index (κ3) is 5.17. The molecule has 3 heterocycles. The van der Waals surface area contributed by atoms with Crippen LogP contribution in [0.15, 0.2) is 27.2 Å². The van der Waals surface area contributed by atoms with Crippen molar-refractivity contribution in [3.05, 3.63) is 22.8 Å². The first-order valence-electron chi connectivity index (χ1n) is 12.7. The predicted molar refractivity (Wildman–Crippen MR) is 139 cm³/mol. The summed E-state index contributed by atoms with van der Waals surface area (Å²) in [6, 6.07) is -1.36. The van der Waals surface area contributed by atoms with Crippen molar-refractivity contribution in [2.75, 3.05) is 13.7 Å². The second-order valence-electron chi connectivity index (χ2n) is 11.3. The highest BCUT2D eigenvalue weighted by Gasteiger charge is 2.54. The van der Waals surface area contributed by atoms with Crippen molar-refractivity contribution in [3.8, 4) is 0 Å². The summed E-state index contributed by atoms with van der Waals surface area (Å²) < 4.78 is 47.7. The van der Waals surface area contributed by atoms with Crippen LogP contribution in [0, 0.1) is 5.92 Å². The van der Waals surface area contributed by atoms with Crippen LogP contribution in [-0.4, -0.2) is 75.2 Å². The molecule has 0 aromatic heterocycles. The highest BCUT2D eigenvalue weighted by Crippen LogP contribution is 2.44. The summed E-state index contributed by atoms with van der Waals surface area (Å²) in [4.78, 5) is 26.9. The molecule has 4 rings (SSSR count). The van der Waals surface area contributed by atoms with E-state index in [4.69, 9.17) is 9.31 Å². The molecule has 1 aliphatic carbocycles. The van der Waals surface area contributed by atoms with Crippen LogP contribution in [0.2, 0.25) is 5.82 Å². The zero-order valence-electron chi connectivity index (χ0n) is 22.5. The number of rotatable bonds is 5. The van der Waals surface area contributed by atoms with Crippen molar-refractivity contribution in [2.45, 2.75) is 89.9 Å². The Morgan fingerprint density at radius 3 is 2.49 bits per heavy atom. The first kappa shape index (κ1) is 27.7. The minimum atomic E-state index is -4.02. The van der Waals surface area contributed by atoms with E-state index in [1.54, 1.807) is 11.0 Å². The van der Waals surface area contributed by atoms with Gasteiger partial charge in [-0.2, -0.15) is 8.42 Å². The number of ether oxygens (including phenoxy) is 1. The maximum Gasteiger partial charge on any atom is 0.465 e. The molecule has 0 bridgehead atoms. The van der Waals surface area contributed by atoms with E-state index in [1.165, 1.54) is 7.11 Å². The van der Waals surface area contributed by atoms with Gasteiger partial charge in [0, 0.05) is 12.4 Å². The average Bonchev–Trinajstić information content (AvgIpc) is 3.38. The lowest BCUT2D eigenvalue weighted by Crippen LogP contribution is -2.55. The van der Waals surface area contributed by atoms with Gasteiger partial charge in [0.1, 0.15) is 16.8 Å². The highest BCUT2D eigenvalue weighted by atomic mass is 32.2. The Bertz CT molecular complexity index is 1150. The molecule has 204 valence electrons. The smallest absolute Gasteiger partial charge is 0.453 e. The number of sulfonamides is 1.